The van der Waals surface area contributed by atoms with E-state index < -0.39 is 0 Å². The van der Waals surface area contributed by atoms with Gasteiger partial charge >= 0.3 is 0 Å². The molecule has 0 unspecified atom stereocenters. The zero-order valence-corrected chi connectivity index (χ0v) is 14.2. The van der Waals surface area contributed by atoms with E-state index in [9.17, 15) is 0 Å². The first kappa shape index (κ1) is 16.0. The fraction of sp³-hybridized carbons (Fsp3) is 0.647. The summed E-state index contributed by atoms with van der Waals surface area (Å²) in [6.45, 7) is 7.22. The van der Waals surface area contributed by atoms with Gasteiger partial charge in [-0.3, -0.25) is 0 Å². The van der Waals surface area contributed by atoms with Gasteiger partial charge in [0.15, 0.2) is 0 Å². The Morgan fingerprint density at radius 1 is 1.25 bits per heavy atom. The summed E-state index contributed by atoms with van der Waals surface area (Å²) in [5, 5.41) is 3.63. The van der Waals surface area contributed by atoms with Gasteiger partial charge in [0.2, 0.25) is 0 Å². The number of halogens is 1. The molecule has 0 aromatic heterocycles. The van der Waals surface area contributed by atoms with E-state index in [4.69, 9.17) is 4.74 Å². The fourth-order valence-electron chi connectivity index (χ4n) is 2.59. The summed E-state index contributed by atoms with van der Waals surface area (Å²) < 4.78 is 6.75. The van der Waals surface area contributed by atoms with Gasteiger partial charge < -0.3 is 10.1 Å². The third-order valence-electron chi connectivity index (χ3n) is 3.83. The van der Waals surface area contributed by atoms with E-state index in [1.54, 1.807) is 0 Å². The molecule has 1 aliphatic rings. The van der Waals surface area contributed by atoms with Crippen molar-refractivity contribution >= 4 is 15.9 Å². The molecule has 3 heteroatoms. The maximum atomic E-state index is 5.59. The quantitative estimate of drug-likeness (QED) is 0.711. The van der Waals surface area contributed by atoms with Crippen molar-refractivity contribution in [3.8, 4) is 0 Å². The van der Waals surface area contributed by atoms with E-state index in [2.05, 4.69) is 59.4 Å². The Balaban J connectivity index is 1.52. The second-order valence-electron chi connectivity index (χ2n) is 6.19. The largest absolute Gasteiger partial charge is 0.381 e. The van der Waals surface area contributed by atoms with Crippen LogP contribution in [0.3, 0.4) is 0 Å². The van der Waals surface area contributed by atoms with Crippen molar-refractivity contribution in [3.05, 3.63) is 34.3 Å². The van der Waals surface area contributed by atoms with Crippen molar-refractivity contribution in [1.29, 1.82) is 0 Å². The van der Waals surface area contributed by atoms with Gasteiger partial charge in [-0.1, -0.05) is 41.9 Å². The van der Waals surface area contributed by atoms with Crippen LogP contribution in [0.1, 0.15) is 44.6 Å². The minimum Gasteiger partial charge on any atom is -0.381 e. The molecule has 2 rings (SSSR count). The predicted octanol–water partition coefficient (Wildman–Crippen LogP) is 4.35. The Morgan fingerprint density at radius 3 is 2.60 bits per heavy atom. The molecule has 0 spiro atoms. The number of hydrogen-bond donors (Lipinski definition) is 1. The molecule has 1 aromatic rings. The van der Waals surface area contributed by atoms with E-state index in [1.807, 2.05) is 0 Å². The van der Waals surface area contributed by atoms with E-state index in [-0.39, 0.29) is 0 Å². The SMILES string of the molecule is CC(C)COCCCNC1CC(c2ccc(Br)cc2)C1. The lowest BCUT2D eigenvalue weighted by Crippen LogP contribution is -2.40. The summed E-state index contributed by atoms with van der Waals surface area (Å²) in [4.78, 5) is 0. The Hall–Kier alpha value is -0.380. The molecule has 0 saturated heterocycles. The van der Waals surface area contributed by atoms with Gasteiger partial charge in [-0.15, -0.1) is 0 Å². The van der Waals surface area contributed by atoms with Crippen LogP contribution >= 0.6 is 15.9 Å². The van der Waals surface area contributed by atoms with Crippen LogP contribution in [-0.2, 0) is 4.74 Å². The van der Waals surface area contributed by atoms with Crippen LogP contribution < -0.4 is 5.32 Å². The summed E-state index contributed by atoms with van der Waals surface area (Å²) in [7, 11) is 0. The van der Waals surface area contributed by atoms with Crippen LogP contribution in [0.15, 0.2) is 28.7 Å². The Bertz CT molecular complexity index is 384. The van der Waals surface area contributed by atoms with Gasteiger partial charge in [0.05, 0.1) is 0 Å². The minimum atomic E-state index is 0.640. The van der Waals surface area contributed by atoms with Crippen molar-refractivity contribution in [3.63, 3.8) is 0 Å². The highest BCUT2D eigenvalue weighted by Gasteiger charge is 2.29. The van der Waals surface area contributed by atoms with Crippen molar-refractivity contribution in [2.75, 3.05) is 19.8 Å². The summed E-state index contributed by atoms with van der Waals surface area (Å²) in [5.41, 5.74) is 1.48. The molecule has 1 aliphatic carbocycles. The zero-order valence-electron chi connectivity index (χ0n) is 12.6. The summed E-state index contributed by atoms with van der Waals surface area (Å²) >= 11 is 3.49. The van der Waals surface area contributed by atoms with Crippen LogP contribution in [0.4, 0.5) is 0 Å². The molecule has 1 fully saturated rings. The standard InChI is InChI=1S/C17H26BrNO/c1-13(2)12-20-9-3-8-19-17-10-15(11-17)14-4-6-16(18)7-5-14/h4-7,13,15,17,19H,3,8-12H2,1-2H3. The smallest absolute Gasteiger partial charge is 0.0489 e. The van der Waals surface area contributed by atoms with Gasteiger partial charge in [-0.25, -0.2) is 0 Å². The maximum Gasteiger partial charge on any atom is 0.0489 e. The Labute approximate surface area is 131 Å². The molecule has 2 nitrogen and oxygen atoms in total. The first-order valence-electron chi connectivity index (χ1n) is 7.71. The second kappa shape index (κ2) is 8.16. The van der Waals surface area contributed by atoms with Crippen LogP contribution in [0.2, 0.25) is 0 Å². The predicted molar refractivity (Wildman–Crippen MR) is 88.2 cm³/mol. The number of ether oxygens (including phenoxy) is 1. The van der Waals surface area contributed by atoms with Gasteiger partial charge in [-0.2, -0.15) is 0 Å². The monoisotopic (exact) mass is 339 g/mol. The molecule has 0 heterocycles. The zero-order chi connectivity index (χ0) is 14.4. The number of nitrogens with one attached hydrogen (secondary N) is 1. The van der Waals surface area contributed by atoms with Crippen molar-refractivity contribution < 1.29 is 4.74 Å². The molecular weight excluding hydrogens is 314 g/mol. The minimum absolute atomic E-state index is 0.640. The van der Waals surface area contributed by atoms with E-state index in [1.165, 1.54) is 18.4 Å². The van der Waals surface area contributed by atoms with Gasteiger partial charge in [0.25, 0.3) is 0 Å². The van der Waals surface area contributed by atoms with E-state index >= 15 is 0 Å². The Kier molecular flexibility index (Phi) is 6.53. The first-order chi connectivity index (χ1) is 9.65. The fourth-order valence-corrected chi connectivity index (χ4v) is 2.86. The second-order valence-corrected chi connectivity index (χ2v) is 7.11. The van der Waals surface area contributed by atoms with Crippen LogP contribution in [0.5, 0.6) is 0 Å². The molecule has 0 radical (unpaired) electrons. The molecule has 1 saturated carbocycles. The van der Waals surface area contributed by atoms with E-state index in [0.717, 1.165) is 36.6 Å². The molecule has 0 atom stereocenters. The van der Waals surface area contributed by atoms with Gasteiger partial charge in [0, 0.05) is 23.7 Å². The lowest BCUT2D eigenvalue weighted by atomic mass is 9.76. The topological polar surface area (TPSA) is 21.3 Å². The normalized spacial score (nSPS) is 22.0. The summed E-state index contributed by atoms with van der Waals surface area (Å²) in [6, 6.07) is 9.47. The maximum absolute atomic E-state index is 5.59. The molecule has 0 amide bonds. The van der Waals surface area contributed by atoms with Crippen LogP contribution in [-0.4, -0.2) is 25.8 Å². The average Bonchev–Trinajstić information content (AvgIpc) is 2.37. The number of hydrogen-bond acceptors (Lipinski definition) is 2. The lowest BCUT2D eigenvalue weighted by Gasteiger charge is -2.36. The summed E-state index contributed by atoms with van der Waals surface area (Å²) in [6.07, 6.45) is 3.66. The third-order valence-corrected chi connectivity index (χ3v) is 4.36. The Morgan fingerprint density at radius 2 is 1.95 bits per heavy atom. The third kappa shape index (κ3) is 5.19. The molecule has 20 heavy (non-hydrogen) atoms. The summed E-state index contributed by atoms with van der Waals surface area (Å²) in [5.74, 6) is 1.39. The first-order valence-corrected chi connectivity index (χ1v) is 8.51. The van der Waals surface area contributed by atoms with Crippen molar-refractivity contribution in [1.82, 2.24) is 5.32 Å². The van der Waals surface area contributed by atoms with Gasteiger partial charge in [-0.05, 0) is 55.3 Å². The van der Waals surface area contributed by atoms with Crippen molar-refractivity contribution in [2.24, 2.45) is 5.92 Å². The highest BCUT2D eigenvalue weighted by Crippen LogP contribution is 2.37. The molecule has 0 aliphatic heterocycles. The number of benzene rings is 1. The lowest BCUT2D eigenvalue weighted by molar-refractivity contribution is 0.106. The molecule has 1 aromatic carbocycles. The average molecular weight is 340 g/mol. The highest BCUT2D eigenvalue weighted by atomic mass is 79.9. The molecular formula is C17H26BrNO. The number of rotatable bonds is 8. The molecule has 0 bridgehead atoms. The molecule has 1 N–H and O–H groups in total. The van der Waals surface area contributed by atoms with Crippen LogP contribution in [0, 0.1) is 5.92 Å². The van der Waals surface area contributed by atoms with E-state index in [0.29, 0.717) is 12.0 Å². The van der Waals surface area contributed by atoms with Gasteiger partial charge in [0.1, 0.15) is 0 Å². The molecule has 112 valence electrons. The highest BCUT2D eigenvalue weighted by molar-refractivity contribution is 9.10. The van der Waals surface area contributed by atoms with Crippen LogP contribution in [0.25, 0.3) is 0 Å². The van der Waals surface area contributed by atoms with Crippen molar-refractivity contribution in [2.45, 2.75) is 45.1 Å².